The molecule has 1 aliphatic heterocycles. The van der Waals surface area contributed by atoms with Crippen molar-refractivity contribution in [1.29, 1.82) is 0 Å². The van der Waals surface area contributed by atoms with Gasteiger partial charge in [-0.15, -0.1) is 0 Å². The Kier molecular flexibility index (Phi) is 9.39. The summed E-state index contributed by atoms with van der Waals surface area (Å²) >= 11 is 0. The van der Waals surface area contributed by atoms with Crippen molar-refractivity contribution < 1.29 is 9.53 Å². The topological polar surface area (TPSA) is 26.3 Å². The summed E-state index contributed by atoms with van der Waals surface area (Å²) in [5, 5.41) is 0. The first-order chi connectivity index (χ1) is 11.5. The normalized spacial score (nSPS) is 26.1. The average molecular weight is 335 g/mol. The van der Waals surface area contributed by atoms with Crippen LogP contribution in [-0.4, -0.2) is 12.1 Å². The Bertz CT molecular complexity index is 435. The third kappa shape index (κ3) is 6.45. The predicted octanol–water partition coefficient (Wildman–Crippen LogP) is 6.61. The summed E-state index contributed by atoms with van der Waals surface area (Å²) in [7, 11) is 0. The first kappa shape index (κ1) is 21.0. The number of rotatable bonds is 9. The van der Waals surface area contributed by atoms with E-state index < -0.39 is 0 Å². The molecule has 2 heteroatoms. The van der Waals surface area contributed by atoms with Gasteiger partial charge in [0.05, 0.1) is 0 Å². The molecule has 0 N–H and O–H groups in total. The van der Waals surface area contributed by atoms with Crippen LogP contribution in [0.2, 0.25) is 0 Å². The monoisotopic (exact) mass is 334 g/mol. The lowest BCUT2D eigenvalue weighted by Gasteiger charge is -2.32. The van der Waals surface area contributed by atoms with Crippen LogP contribution in [0.3, 0.4) is 0 Å². The van der Waals surface area contributed by atoms with E-state index in [1.54, 1.807) is 0 Å². The Morgan fingerprint density at radius 3 is 2.67 bits per heavy atom. The lowest BCUT2D eigenvalue weighted by atomic mass is 9.73. The van der Waals surface area contributed by atoms with Gasteiger partial charge in [-0.2, -0.15) is 0 Å². The van der Waals surface area contributed by atoms with Crippen LogP contribution >= 0.6 is 0 Å². The number of ether oxygens (including phenoxy) is 1. The fourth-order valence-corrected chi connectivity index (χ4v) is 3.61. The Morgan fingerprint density at radius 1 is 1.29 bits per heavy atom. The van der Waals surface area contributed by atoms with Crippen molar-refractivity contribution in [1.82, 2.24) is 0 Å². The highest BCUT2D eigenvalue weighted by molar-refractivity contribution is 5.90. The first-order valence-electron chi connectivity index (χ1n) is 10.0. The average Bonchev–Trinajstić information content (AvgIpc) is 2.65. The molecule has 0 spiro atoms. The molecule has 24 heavy (non-hydrogen) atoms. The molecule has 0 aromatic carbocycles. The smallest absolute Gasteiger partial charge is 0.334 e. The molecule has 1 heterocycles. The van der Waals surface area contributed by atoms with Crippen LogP contribution in [0.25, 0.3) is 0 Å². The molecule has 1 rings (SSSR count). The van der Waals surface area contributed by atoms with Crippen molar-refractivity contribution in [3.05, 3.63) is 23.8 Å². The highest BCUT2D eigenvalue weighted by Gasteiger charge is 2.34. The molecule has 3 atom stereocenters. The van der Waals surface area contributed by atoms with E-state index in [1.165, 1.54) is 19.3 Å². The largest absolute Gasteiger partial charge is 0.459 e. The van der Waals surface area contributed by atoms with Gasteiger partial charge in [0.25, 0.3) is 0 Å². The molecule has 0 amide bonds. The van der Waals surface area contributed by atoms with E-state index in [0.29, 0.717) is 0 Å². The summed E-state index contributed by atoms with van der Waals surface area (Å²) in [6, 6.07) is 0. The van der Waals surface area contributed by atoms with Crippen molar-refractivity contribution in [2.75, 3.05) is 0 Å². The number of esters is 1. The maximum atomic E-state index is 12.8. The summed E-state index contributed by atoms with van der Waals surface area (Å²) in [4.78, 5) is 12.8. The third-order valence-corrected chi connectivity index (χ3v) is 5.58. The summed E-state index contributed by atoms with van der Waals surface area (Å²) in [5.41, 5.74) is 0.803. The summed E-state index contributed by atoms with van der Waals surface area (Å²) in [6.45, 7) is 11.1. The minimum absolute atomic E-state index is 0.0506. The molecule has 1 aliphatic rings. The SMILES string of the molecule is CCCC(C)(CCCC(C)CC)/C1=C\C=C\CCC(CC)OC1=O. The lowest BCUT2D eigenvalue weighted by molar-refractivity contribution is -0.146. The van der Waals surface area contributed by atoms with Crippen LogP contribution in [0, 0.1) is 11.3 Å². The highest BCUT2D eigenvalue weighted by Crippen LogP contribution is 2.39. The van der Waals surface area contributed by atoms with Crippen LogP contribution in [-0.2, 0) is 9.53 Å². The second-order valence-electron chi connectivity index (χ2n) is 7.74. The minimum Gasteiger partial charge on any atom is -0.459 e. The Morgan fingerprint density at radius 2 is 2.04 bits per heavy atom. The van der Waals surface area contributed by atoms with E-state index in [9.17, 15) is 4.79 Å². The van der Waals surface area contributed by atoms with Crippen molar-refractivity contribution in [2.45, 2.75) is 98.5 Å². The van der Waals surface area contributed by atoms with Gasteiger partial charge in [-0.1, -0.05) is 78.5 Å². The summed E-state index contributed by atoms with van der Waals surface area (Å²) in [6.07, 6.45) is 16.0. The predicted molar refractivity (Wildman–Crippen MR) is 103 cm³/mol. The molecule has 2 nitrogen and oxygen atoms in total. The van der Waals surface area contributed by atoms with Gasteiger partial charge in [0.1, 0.15) is 6.10 Å². The molecule has 3 unspecified atom stereocenters. The first-order valence-corrected chi connectivity index (χ1v) is 10.0. The van der Waals surface area contributed by atoms with E-state index in [4.69, 9.17) is 4.74 Å². The van der Waals surface area contributed by atoms with Crippen LogP contribution < -0.4 is 0 Å². The second kappa shape index (κ2) is 10.7. The molecule has 0 aliphatic carbocycles. The van der Waals surface area contributed by atoms with Crippen molar-refractivity contribution in [3.8, 4) is 0 Å². The van der Waals surface area contributed by atoms with Crippen LogP contribution in [0.5, 0.6) is 0 Å². The highest BCUT2D eigenvalue weighted by atomic mass is 16.5. The molecule has 0 bridgehead atoms. The van der Waals surface area contributed by atoms with Crippen molar-refractivity contribution in [3.63, 3.8) is 0 Å². The number of cyclic esters (lactones) is 1. The van der Waals surface area contributed by atoms with E-state index in [2.05, 4.69) is 46.8 Å². The number of hydrogen-bond donors (Lipinski definition) is 0. The van der Waals surface area contributed by atoms with Crippen LogP contribution in [0.15, 0.2) is 23.8 Å². The molecular weight excluding hydrogens is 296 g/mol. The maximum absolute atomic E-state index is 12.8. The fourth-order valence-electron chi connectivity index (χ4n) is 3.61. The Labute approximate surface area is 149 Å². The quantitative estimate of drug-likeness (QED) is 0.444. The zero-order valence-electron chi connectivity index (χ0n) is 16.6. The van der Waals surface area contributed by atoms with Gasteiger partial charge in [0.2, 0.25) is 0 Å². The van der Waals surface area contributed by atoms with E-state index in [0.717, 1.165) is 50.0 Å². The second-order valence-corrected chi connectivity index (χ2v) is 7.74. The van der Waals surface area contributed by atoms with Gasteiger partial charge >= 0.3 is 5.97 Å². The molecule has 138 valence electrons. The van der Waals surface area contributed by atoms with E-state index >= 15 is 0 Å². The maximum Gasteiger partial charge on any atom is 0.334 e. The molecule has 0 saturated carbocycles. The van der Waals surface area contributed by atoms with Gasteiger partial charge in [0.15, 0.2) is 0 Å². The molecular formula is C22H38O2. The molecule has 0 fully saturated rings. The van der Waals surface area contributed by atoms with Crippen molar-refractivity contribution >= 4 is 5.97 Å². The Balaban J connectivity index is 2.94. The van der Waals surface area contributed by atoms with Crippen LogP contribution in [0.1, 0.15) is 92.4 Å². The summed E-state index contributed by atoms with van der Waals surface area (Å²) in [5.74, 6) is 0.676. The van der Waals surface area contributed by atoms with E-state index in [1.807, 2.05) is 6.08 Å². The fraction of sp³-hybridized carbons (Fsp3) is 0.773. The standard InChI is InChI=1S/C22H38O2/c1-6-16-22(5,17-12-13-18(4)7-2)20-15-11-9-10-14-19(8-3)24-21(20)23/h9,11,15,18-19H,6-8,10,12-14,16-17H2,1-5H3/b11-9+,20-15-. The number of carbonyl (C=O) groups excluding carboxylic acids is 1. The number of carbonyl (C=O) groups is 1. The van der Waals surface area contributed by atoms with Crippen LogP contribution in [0.4, 0.5) is 0 Å². The van der Waals surface area contributed by atoms with Crippen molar-refractivity contribution in [2.24, 2.45) is 11.3 Å². The van der Waals surface area contributed by atoms with Gasteiger partial charge in [-0.05, 0) is 43.4 Å². The van der Waals surface area contributed by atoms with Gasteiger partial charge in [0, 0.05) is 5.57 Å². The minimum atomic E-state index is -0.0899. The molecule has 0 radical (unpaired) electrons. The zero-order valence-corrected chi connectivity index (χ0v) is 16.6. The van der Waals surface area contributed by atoms with Gasteiger partial charge in [-0.25, -0.2) is 4.79 Å². The van der Waals surface area contributed by atoms with E-state index in [-0.39, 0.29) is 17.5 Å². The Hall–Kier alpha value is -1.05. The lowest BCUT2D eigenvalue weighted by Crippen LogP contribution is -2.29. The number of allylic oxidation sites excluding steroid dienone is 3. The summed E-state index contributed by atoms with van der Waals surface area (Å²) < 4.78 is 5.83. The zero-order chi connectivity index (χ0) is 18.0. The molecule has 0 aromatic rings. The van der Waals surface area contributed by atoms with Gasteiger partial charge in [-0.3, -0.25) is 0 Å². The number of hydrogen-bond acceptors (Lipinski definition) is 2. The van der Waals surface area contributed by atoms with Gasteiger partial charge < -0.3 is 4.74 Å². The third-order valence-electron chi connectivity index (χ3n) is 5.58. The molecule has 0 saturated heterocycles. The molecule has 0 aromatic heterocycles.